The molecule has 3 N–H and O–H groups in total. The molecule has 0 aromatic heterocycles. The number of carboxylic acids is 1. The number of carboxylic acid groups (broad SMARTS) is 1. The second kappa shape index (κ2) is 6.80. The number of carbonyl (C=O) groups is 1. The van der Waals surface area contributed by atoms with Crippen LogP contribution in [0.1, 0.15) is 52.4 Å². The van der Waals surface area contributed by atoms with Crippen LogP contribution in [-0.4, -0.2) is 33.0 Å². The summed E-state index contributed by atoms with van der Waals surface area (Å²) in [6.45, 7) is 3.45. The van der Waals surface area contributed by atoms with E-state index in [4.69, 9.17) is 5.11 Å². The van der Waals surface area contributed by atoms with Gasteiger partial charge >= 0.3 is 5.97 Å². The van der Waals surface area contributed by atoms with Gasteiger partial charge in [-0.15, -0.1) is 0 Å². The zero-order chi connectivity index (χ0) is 11.9. The first-order chi connectivity index (χ1) is 6.90. The van der Waals surface area contributed by atoms with Gasteiger partial charge in [0.15, 0.2) is 0 Å². The normalized spacial score (nSPS) is 17.1. The molecule has 90 valence electrons. The highest BCUT2D eigenvalue weighted by Crippen LogP contribution is 2.20. The average Bonchev–Trinajstić information content (AvgIpc) is 2.15. The molecule has 0 saturated heterocycles. The van der Waals surface area contributed by atoms with Gasteiger partial charge in [-0.25, -0.2) is 0 Å². The molecule has 0 unspecified atom stereocenters. The van der Waals surface area contributed by atoms with Crippen LogP contribution in [0.25, 0.3) is 0 Å². The molecule has 0 heterocycles. The number of unbranched alkanes of at least 4 members (excludes halogenated alkanes) is 2. The highest BCUT2D eigenvalue weighted by atomic mass is 16.4. The van der Waals surface area contributed by atoms with Gasteiger partial charge in [-0.3, -0.25) is 4.79 Å². The van der Waals surface area contributed by atoms with E-state index in [1.165, 1.54) is 0 Å². The van der Waals surface area contributed by atoms with Crippen LogP contribution in [0.15, 0.2) is 0 Å². The van der Waals surface area contributed by atoms with Crippen LogP contribution in [-0.2, 0) is 4.79 Å². The van der Waals surface area contributed by atoms with Crippen molar-refractivity contribution < 1.29 is 20.1 Å². The van der Waals surface area contributed by atoms with E-state index in [1.54, 1.807) is 6.92 Å². The molecule has 2 atom stereocenters. The minimum atomic E-state index is -1.04. The van der Waals surface area contributed by atoms with Crippen molar-refractivity contribution >= 4 is 5.97 Å². The summed E-state index contributed by atoms with van der Waals surface area (Å²) in [6.07, 6.45) is 2.68. The Bertz CT molecular complexity index is 189. The van der Waals surface area contributed by atoms with Gasteiger partial charge in [-0.05, 0) is 26.2 Å². The van der Waals surface area contributed by atoms with E-state index >= 15 is 0 Å². The van der Waals surface area contributed by atoms with Gasteiger partial charge in [0.05, 0.1) is 11.7 Å². The number of hydrogen-bond donors (Lipinski definition) is 3. The minimum absolute atomic E-state index is 0.179. The van der Waals surface area contributed by atoms with Crippen molar-refractivity contribution in [3.8, 4) is 0 Å². The first kappa shape index (κ1) is 14.4. The molecule has 0 aliphatic heterocycles. The lowest BCUT2D eigenvalue weighted by molar-refractivity contribution is -0.137. The summed E-state index contributed by atoms with van der Waals surface area (Å²) >= 11 is 0. The van der Waals surface area contributed by atoms with Gasteiger partial charge in [-0.2, -0.15) is 0 Å². The van der Waals surface area contributed by atoms with Gasteiger partial charge in [0.1, 0.15) is 0 Å². The zero-order valence-corrected chi connectivity index (χ0v) is 9.57. The van der Waals surface area contributed by atoms with Crippen LogP contribution in [0.5, 0.6) is 0 Å². The number of aliphatic hydroxyl groups is 2. The number of rotatable bonds is 8. The molecule has 4 heteroatoms. The second-order valence-corrected chi connectivity index (χ2v) is 4.24. The lowest BCUT2D eigenvalue weighted by Gasteiger charge is -2.28. The standard InChI is InChI=1S/C11H22O4/c1-3-9(12)11(2,15)8-6-4-5-7-10(13)14/h9,12,15H,3-8H2,1-2H3,(H,13,14)/t9-,11+/m0/s1. The molecule has 15 heavy (non-hydrogen) atoms. The molecule has 4 nitrogen and oxygen atoms in total. The van der Waals surface area contributed by atoms with Crippen molar-refractivity contribution in [1.29, 1.82) is 0 Å². The van der Waals surface area contributed by atoms with E-state index in [0.717, 1.165) is 12.8 Å². The Balaban J connectivity index is 3.61. The van der Waals surface area contributed by atoms with Crippen molar-refractivity contribution in [2.75, 3.05) is 0 Å². The fourth-order valence-corrected chi connectivity index (χ4v) is 1.54. The second-order valence-electron chi connectivity index (χ2n) is 4.24. The third-order valence-electron chi connectivity index (χ3n) is 2.68. The maximum absolute atomic E-state index is 10.2. The maximum atomic E-state index is 10.2. The molecule has 0 aliphatic carbocycles. The summed E-state index contributed by atoms with van der Waals surface area (Å²) in [4.78, 5) is 10.2. The highest BCUT2D eigenvalue weighted by molar-refractivity contribution is 5.66. The van der Waals surface area contributed by atoms with Gasteiger partial charge < -0.3 is 15.3 Å². The van der Waals surface area contributed by atoms with Crippen LogP contribution in [0.3, 0.4) is 0 Å². The molecule has 0 fully saturated rings. The predicted molar refractivity (Wildman–Crippen MR) is 57.6 cm³/mol. The molecule has 0 radical (unpaired) electrons. The third-order valence-corrected chi connectivity index (χ3v) is 2.68. The summed E-state index contributed by atoms with van der Waals surface area (Å²) in [5.41, 5.74) is -1.04. The molecule has 0 amide bonds. The number of aliphatic hydroxyl groups excluding tert-OH is 1. The molecule has 0 saturated carbocycles. The monoisotopic (exact) mass is 218 g/mol. The summed E-state index contributed by atoms with van der Waals surface area (Å²) in [5, 5.41) is 27.7. The Morgan fingerprint density at radius 2 is 1.93 bits per heavy atom. The van der Waals surface area contributed by atoms with Crippen molar-refractivity contribution in [2.24, 2.45) is 0 Å². The van der Waals surface area contributed by atoms with Gasteiger partial charge in [0, 0.05) is 6.42 Å². The Morgan fingerprint density at radius 1 is 1.33 bits per heavy atom. The number of hydrogen-bond acceptors (Lipinski definition) is 3. The summed E-state index contributed by atoms with van der Waals surface area (Å²) in [5.74, 6) is -0.782. The van der Waals surface area contributed by atoms with Gasteiger partial charge in [0.2, 0.25) is 0 Å². The molecule has 0 bridgehead atoms. The Labute approximate surface area is 90.9 Å². The molecule has 0 spiro atoms. The SMILES string of the molecule is CC[C@H](O)[C@](C)(O)CCCCCC(=O)O. The van der Waals surface area contributed by atoms with Crippen LogP contribution in [0.4, 0.5) is 0 Å². The highest BCUT2D eigenvalue weighted by Gasteiger charge is 2.27. The largest absolute Gasteiger partial charge is 0.481 e. The van der Waals surface area contributed by atoms with Crippen molar-refractivity contribution in [1.82, 2.24) is 0 Å². The minimum Gasteiger partial charge on any atom is -0.481 e. The van der Waals surface area contributed by atoms with E-state index < -0.39 is 17.7 Å². The molecule has 0 aliphatic rings. The predicted octanol–water partition coefficient (Wildman–Crippen LogP) is 1.54. The molecule has 0 aromatic carbocycles. The molecule has 0 rings (SSSR count). The lowest BCUT2D eigenvalue weighted by Crippen LogP contribution is -2.38. The fourth-order valence-electron chi connectivity index (χ4n) is 1.54. The van der Waals surface area contributed by atoms with E-state index in [9.17, 15) is 15.0 Å². The van der Waals surface area contributed by atoms with Crippen LogP contribution < -0.4 is 0 Å². The topological polar surface area (TPSA) is 77.8 Å². The van der Waals surface area contributed by atoms with E-state index in [2.05, 4.69) is 0 Å². The van der Waals surface area contributed by atoms with Crippen molar-refractivity contribution in [2.45, 2.75) is 64.1 Å². The van der Waals surface area contributed by atoms with Crippen LogP contribution in [0.2, 0.25) is 0 Å². The van der Waals surface area contributed by atoms with Crippen molar-refractivity contribution in [3.63, 3.8) is 0 Å². The Hall–Kier alpha value is -0.610. The quantitative estimate of drug-likeness (QED) is 0.540. The average molecular weight is 218 g/mol. The third kappa shape index (κ3) is 6.47. The zero-order valence-electron chi connectivity index (χ0n) is 9.57. The van der Waals surface area contributed by atoms with Gasteiger partial charge in [-0.1, -0.05) is 19.8 Å². The van der Waals surface area contributed by atoms with Gasteiger partial charge in [0.25, 0.3) is 0 Å². The maximum Gasteiger partial charge on any atom is 0.303 e. The van der Waals surface area contributed by atoms with E-state index in [0.29, 0.717) is 19.3 Å². The van der Waals surface area contributed by atoms with Crippen LogP contribution >= 0.6 is 0 Å². The van der Waals surface area contributed by atoms with E-state index in [1.807, 2.05) is 6.92 Å². The van der Waals surface area contributed by atoms with E-state index in [-0.39, 0.29) is 6.42 Å². The lowest BCUT2D eigenvalue weighted by atomic mass is 9.91. The summed E-state index contributed by atoms with van der Waals surface area (Å²) in [6, 6.07) is 0. The molecular formula is C11H22O4. The van der Waals surface area contributed by atoms with Crippen LogP contribution in [0, 0.1) is 0 Å². The Morgan fingerprint density at radius 3 is 2.40 bits per heavy atom. The summed E-state index contributed by atoms with van der Waals surface area (Å²) < 4.78 is 0. The number of aliphatic carboxylic acids is 1. The molecular weight excluding hydrogens is 196 g/mol. The fraction of sp³-hybridized carbons (Fsp3) is 0.909. The van der Waals surface area contributed by atoms with Crippen molar-refractivity contribution in [3.05, 3.63) is 0 Å². The smallest absolute Gasteiger partial charge is 0.303 e. The Kier molecular flexibility index (Phi) is 6.52. The molecule has 0 aromatic rings. The first-order valence-corrected chi connectivity index (χ1v) is 5.52. The summed E-state index contributed by atoms with van der Waals surface area (Å²) in [7, 11) is 0. The first-order valence-electron chi connectivity index (χ1n) is 5.52.